The van der Waals surface area contributed by atoms with Gasteiger partial charge in [0, 0.05) is 43.2 Å². The molecule has 9 nitrogen and oxygen atoms in total. The largest absolute Gasteiger partial charge is 0.491 e. The first-order chi connectivity index (χ1) is 19.9. The van der Waals surface area contributed by atoms with Gasteiger partial charge in [-0.2, -0.15) is 22.0 Å². The highest BCUT2D eigenvalue weighted by atomic mass is 19.4. The highest BCUT2D eigenvalue weighted by Crippen LogP contribution is 2.48. The first-order valence-corrected chi connectivity index (χ1v) is 13.0. The third kappa shape index (κ3) is 6.08. The highest BCUT2D eigenvalue weighted by molar-refractivity contribution is 5.92. The van der Waals surface area contributed by atoms with Crippen LogP contribution in [0.4, 0.5) is 33.6 Å². The standard InChI is InChI=1S/C28H27F5N6O3/c1-34-25(40)23-14-19(9-10-35-23)42-18-6-8-21-22(13-18)38-26(37-21)36-16-5-7-20(27(29,30)28(31,32)33)24(12-16)41-15-17-4-3-11-39(17)2/h5-10,12-14,17H,3-4,11,15H2,1-2H3,(H,34,40)(H2,36,37,38). The average Bonchev–Trinajstić information content (AvgIpc) is 3.55. The molecule has 1 fully saturated rings. The quantitative estimate of drug-likeness (QED) is 0.206. The Morgan fingerprint density at radius 1 is 1.10 bits per heavy atom. The van der Waals surface area contributed by atoms with E-state index in [4.69, 9.17) is 9.47 Å². The van der Waals surface area contributed by atoms with Crippen LogP contribution in [-0.4, -0.2) is 65.2 Å². The number of nitrogens with one attached hydrogen (secondary N) is 3. The lowest BCUT2D eigenvalue weighted by Crippen LogP contribution is -2.35. The summed E-state index contributed by atoms with van der Waals surface area (Å²) in [7, 11) is 3.34. The monoisotopic (exact) mass is 590 g/mol. The summed E-state index contributed by atoms with van der Waals surface area (Å²) in [6.45, 7) is 0.760. The summed E-state index contributed by atoms with van der Waals surface area (Å²) in [4.78, 5) is 25.2. The van der Waals surface area contributed by atoms with E-state index < -0.39 is 23.4 Å². The van der Waals surface area contributed by atoms with Crippen molar-refractivity contribution in [1.82, 2.24) is 25.2 Å². The second-order valence-corrected chi connectivity index (χ2v) is 9.82. The molecule has 1 atom stereocenters. The molecule has 0 saturated carbocycles. The van der Waals surface area contributed by atoms with Crippen LogP contribution >= 0.6 is 0 Å². The van der Waals surface area contributed by atoms with E-state index in [2.05, 4.69) is 25.6 Å². The highest BCUT2D eigenvalue weighted by Gasteiger charge is 2.60. The fourth-order valence-corrected chi connectivity index (χ4v) is 4.62. The number of pyridine rings is 1. The van der Waals surface area contributed by atoms with Gasteiger partial charge in [0.2, 0.25) is 5.95 Å². The van der Waals surface area contributed by atoms with E-state index in [1.807, 2.05) is 11.9 Å². The van der Waals surface area contributed by atoms with Crippen molar-refractivity contribution < 1.29 is 36.2 Å². The van der Waals surface area contributed by atoms with Crippen molar-refractivity contribution in [2.45, 2.75) is 31.0 Å². The lowest BCUT2D eigenvalue weighted by Gasteiger charge is -2.25. The number of halogens is 5. The minimum absolute atomic E-state index is 0.0314. The summed E-state index contributed by atoms with van der Waals surface area (Å²) in [5.41, 5.74) is 0.203. The number of likely N-dealkylation sites (N-methyl/N-ethyl adjacent to an activating group) is 1. The molecule has 1 aliphatic rings. The summed E-state index contributed by atoms with van der Waals surface area (Å²) < 4.78 is 79.9. The van der Waals surface area contributed by atoms with Gasteiger partial charge in [-0.1, -0.05) is 0 Å². The molecule has 0 aliphatic carbocycles. The van der Waals surface area contributed by atoms with Gasteiger partial charge in [0.05, 0.1) is 16.6 Å². The molecule has 5 rings (SSSR count). The number of alkyl halides is 5. The Hall–Kier alpha value is -4.46. The minimum Gasteiger partial charge on any atom is -0.491 e. The molecule has 1 aliphatic heterocycles. The van der Waals surface area contributed by atoms with Gasteiger partial charge in [-0.05, 0) is 56.8 Å². The molecule has 2 aromatic carbocycles. The molecule has 222 valence electrons. The van der Waals surface area contributed by atoms with Gasteiger partial charge in [-0.15, -0.1) is 0 Å². The summed E-state index contributed by atoms with van der Waals surface area (Å²) in [6.07, 6.45) is -2.71. The number of carbonyl (C=O) groups excluding carboxylic acids is 1. The van der Waals surface area contributed by atoms with Crippen LogP contribution in [0.15, 0.2) is 54.7 Å². The molecule has 4 aromatic rings. The maximum absolute atomic E-state index is 14.4. The fourth-order valence-electron chi connectivity index (χ4n) is 4.62. The molecular formula is C28H27F5N6O3. The van der Waals surface area contributed by atoms with E-state index in [-0.39, 0.29) is 35.9 Å². The van der Waals surface area contributed by atoms with Gasteiger partial charge < -0.3 is 30.0 Å². The average molecular weight is 591 g/mol. The Balaban J connectivity index is 1.37. The number of aromatic amines is 1. The lowest BCUT2D eigenvalue weighted by atomic mass is 10.1. The van der Waals surface area contributed by atoms with Crippen molar-refractivity contribution in [2.24, 2.45) is 0 Å². The zero-order valence-electron chi connectivity index (χ0n) is 22.6. The van der Waals surface area contributed by atoms with Gasteiger partial charge >= 0.3 is 12.1 Å². The Morgan fingerprint density at radius 2 is 1.88 bits per heavy atom. The topological polar surface area (TPSA) is 104 Å². The number of aromatic nitrogens is 3. The van der Waals surface area contributed by atoms with Crippen LogP contribution in [0.25, 0.3) is 11.0 Å². The number of nitrogens with zero attached hydrogens (tertiary/aromatic N) is 3. The smallest absolute Gasteiger partial charge is 0.458 e. The van der Waals surface area contributed by atoms with Crippen molar-refractivity contribution in [3.63, 3.8) is 0 Å². The van der Waals surface area contributed by atoms with Crippen LogP contribution in [0.2, 0.25) is 0 Å². The molecule has 1 saturated heterocycles. The minimum atomic E-state index is -5.79. The SMILES string of the molecule is CNC(=O)c1cc(Oc2ccc3nc(Nc4ccc(C(F)(F)C(F)(F)F)c(OCC5CCCN5C)c4)[nH]c3c2)ccn1. The van der Waals surface area contributed by atoms with Crippen LogP contribution in [0, 0.1) is 0 Å². The zero-order valence-corrected chi connectivity index (χ0v) is 22.6. The predicted octanol–water partition coefficient (Wildman–Crippen LogP) is 5.98. The number of rotatable bonds is 9. The third-order valence-electron chi connectivity index (χ3n) is 6.92. The molecule has 1 amide bonds. The van der Waals surface area contributed by atoms with Crippen LogP contribution in [0.1, 0.15) is 28.9 Å². The van der Waals surface area contributed by atoms with E-state index in [0.717, 1.165) is 31.5 Å². The maximum Gasteiger partial charge on any atom is 0.458 e. The number of likely N-dealkylation sites (tertiary alicyclic amines) is 1. The predicted molar refractivity (Wildman–Crippen MR) is 145 cm³/mol. The number of benzene rings is 2. The Bertz CT molecular complexity index is 1590. The third-order valence-corrected chi connectivity index (χ3v) is 6.92. The second kappa shape index (κ2) is 11.4. The van der Waals surface area contributed by atoms with Gasteiger partial charge in [0.25, 0.3) is 5.91 Å². The number of hydrogen-bond donors (Lipinski definition) is 3. The molecule has 42 heavy (non-hydrogen) atoms. The van der Waals surface area contributed by atoms with Crippen LogP contribution < -0.4 is 20.1 Å². The number of imidazole rings is 1. The molecule has 3 heterocycles. The number of amides is 1. The van der Waals surface area contributed by atoms with Crippen molar-refractivity contribution in [3.8, 4) is 17.2 Å². The summed E-state index contributed by atoms with van der Waals surface area (Å²) in [5.74, 6) is -5.01. The molecule has 0 spiro atoms. The first kappa shape index (κ1) is 29.0. The summed E-state index contributed by atoms with van der Waals surface area (Å²) >= 11 is 0. The van der Waals surface area contributed by atoms with E-state index >= 15 is 0 Å². The van der Waals surface area contributed by atoms with Gasteiger partial charge in [0.15, 0.2) is 0 Å². The van der Waals surface area contributed by atoms with E-state index in [1.165, 1.54) is 19.3 Å². The summed E-state index contributed by atoms with van der Waals surface area (Å²) in [5, 5.41) is 5.39. The summed E-state index contributed by atoms with van der Waals surface area (Å²) in [6, 6.07) is 10.9. The van der Waals surface area contributed by atoms with E-state index in [0.29, 0.717) is 28.6 Å². The molecule has 14 heteroatoms. The molecule has 0 radical (unpaired) electrons. The van der Waals surface area contributed by atoms with Gasteiger partial charge in [-0.3, -0.25) is 9.78 Å². The number of ether oxygens (including phenoxy) is 2. The van der Waals surface area contributed by atoms with Crippen molar-refractivity contribution in [2.75, 3.05) is 32.6 Å². The first-order valence-electron chi connectivity index (χ1n) is 13.0. The van der Waals surface area contributed by atoms with Gasteiger partial charge in [0.1, 0.15) is 29.5 Å². The van der Waals surface area contributed by atoms with Crippen LogP contribution in [-0.2, 0) is 5.92 Å². The Labute approximate surface area is 237 Å². The lowest BCUT2D eigenvalue weighted by molar-refractivity contribution is -0.289. The van der Waals surface area contributed by atoms with Crippen molar-refractivity contribution >= 4 is 28.6 Å². The fraction of sp³-hybridized carbons (Fsp3) is 0.321. The molecule has 0 bridgehead atoms. The van der Waals surface area contributed by atoms with Crippen molar-refractivity contribution in [3.05, 3.63) is 66.0 Å². The molecular weight excluding hydrogens is 563 g/mol. The second-order valence-electron chi connectivity index (χ2n) is 9.82. The maximum atomic E-state index is 14.4. The molecule has 3 N–H and O–H groups in total. The van der Waals surface area contributed by atoms with Crippen LogP contribution in [0.3, 0.4) is 0 Å². The zero-order chi connectivity index (χ0) is 30.1. The van der Waals surface area contributed by atoms with Crippen molar-refractivity contribution in [1.29, 1.82) is 0 Å². The van der Waals surface area contributed by atoms with E-state index in [1.54, 1.807) is 24.3 Å². The van der Waals surface area contributed by atoms with Crippen LogP contribution in [0.5, 0.6) is 17.2 Å². The Morgan fingerprint density at radius 3 is 2.60 bits per heavy atom. The number of H-pyrrole nitrogens is 1. The number of fused-ring (bicyclic) bond motifs is 1. The normalized spacial score (nSPS) is 16.0. The number of carbonyl (C=O) groups is 1. The van der Waals surface area contributed by atoms with Gasteiger partial charge in [-0.25, -0.2) is 4.98 Å². The Kier molecular flexibility index (Phi) is 7.91. The molecule has 1 unspecified atom stereocenters. The number of anilines is 2. The molecule has 2 aromatic heterocycles. The number of hydrogen-bond acceptors (Lipinski definition) is 7. The van der Waals surface area contributed by atoms with E-state index in [9.17, 15) is 26.7 Å².